The molecule has 84 valence electrons. The molecular weight excluding hydrogens is 196 g/mol. The molecule has 0 bridgehead atoms. The Kier molecular flexibility index (Phi) is 3.14. The van der Waals surface area contributed by atoms with Crippen LogP contribution in [-0.4, -0.2) is 6.04 Å². The molecule has 2 nitrogen and oxygen atoms in total. The number of nitrogens with zero attached hydrogens (tertiary/aromatic N) is 1. The summed E-state index contributed by atoms with van der Waals surface area (Å²) in [6, 6.07) is 9.17. The van der Waals surface area contributed by atoms with Crippen molar-refractivity contribution in [3.05, 3.63) is 29.3 Å². The van der Waals surface area contributed by atoms with Crippen LogP contribution < -0.4 is 5.32 Å². The zero-order chi connectivity index (χ0) is 11.5. The van der Waals surface area contributed by atoms with E-state index in [0.717, 1.165) is 12.8 Å². The van der Waals surface area contributed by atoms with Crippen molar-refractivity contribution in [2.45, 2.75) is 39.2 Å². The highest BCUT2D eigenvalue weighted by atomic mass is 14.9. The van der Waals surface area contributed by atoms with Crippen LogP contribution in [0.2, 0.25) is 0 Å². The molecular formula is C14H18N2. The lowest BCUT2D eigenvalue weighted by Gasteiger charge is -2.19. The number of hydrogen-bond donors (Lipinski definition) is 1. The highest BCUT2D eigenvalue weighted by Crippen LogP contribution is 2.29. The van der Waals surface area contributed by atoms with Gasteiger partial charge in [0.25, 0.3) is 0 Å². The van der Waals surface area contributed by atoms with E-state index in [-0.39, 0.29) is 5.92 Å². The first-order chi connectivity index (χ1) is 7.70. The Morgan fingerprint density at radius 1 is 1.31 bits per heavy atom. The van der Waals surface area contributed by atoms with E-state index in [1.54, 1.807) is 0 Å². The lowest BCUT2D eigenvalue weighted by Crippen LogP contribution is -2.23. The van der Waals surface area contributed by atoms with Crippen LogP contribution >= 0.6 is 0 Å². The molecule has 0 radical (unpaired) electrons. The summed E-state index contributed by atoms with van der Waals surface area (Å²) in [5.74, 6) is 0.180. The van der Waals surface area contributed by atoms with Crippen LogP contribution in [0.1, 0.15) is 30.4 Å². The van der Waals surface area contributed by atoms with Crippen LogP contribution in [-0.2, 0) is 0 Å². The average molecular weight is 214 g/mol. The Hall–Kier alpha value is -1.49. The first-order valence-corrected chi connectivity index (χ1v) is 5.94. The van der Waals surface area contributed by atoms with Gasteiger partial charge in [0.05, 0.1) is 12.0 Å². The smallest absolute Gasteiger partial charge is 0.0677 e. The van der Waals surface area contributed by atoms with Gasteiger partial charge in [0.15, 0.2) is 0 Å². The number of hydrogen-bond acceptors (Lipinski definition) is 2. The van der Waals surface area contributed by atoms with Gasteiger partial charge in [-0.1, -0.05) is 12.1 Å². The fourth-order valence-corrected chi connectivity index (χ4v) is 2.38. The van der Waals surface area contributed by atoms with E-state index in [4.69, 9.17) is 5.26 Å². The standard InChI is InChI=1S/C14H18N2/c1-10-6-7-11(2)14(8-10)16-13-5-3-4-12(13)9-15/h6-8,12-13,16H,3-5H2,1-2H3. The predicted molar refractivity (Wildman–Crippen MR) is 66.3 cm³/mol. The van der Waals surface area contributed by atoms with Gasteiger partial charge in [-0.05, 0) is 50.3 Å². The largest absolute Gasteiger partial charge is 0.381 e. The minimum atomic E-state index is 0.180. The molecule has 1 saturated carbocycles. The number of rotatable bonds is 2. The van der Waals surface area contributed by atoms with E-state index in [2.05, 4.69) is 43.4 Å². The monoisotopic (exact) mass is 214 g/mol. The van der Waals surface area contributed by atoms with Crippen LogP contribution in [0.5, 0.6) is 0 Å². The molecule has 1 N–H and O–H groups in total. The van der Waals surface area contributed by atoms with Crippen LogP contribution in [0.25, 0.3) is 0 Å². The highest BCUT2D eigenvalue weighted by molar-refractivity contribution is 5.53. The quantitative estimate of drug-likeness (QED) is 0.819. The normalized spacial score (nSPS) is 24.1. The van der Waals surface area contributed by atoms with Gasteiger partial charge in [0, 0.05) is 11.7 Å². The minimum absolute atomic E-state index is 0.180. The van der Waals surface area contributed by atoms with E-state index in [9.17, 15) is 0 Å². The third-order valence-electron chi connectivity index (χ3n) is 3.42. The Morgan fingerprint density at radius 3 is 2.88 bits per heavy atom. The Labute approximate surface area is 97.3 Å². The number of anilines is 1. The second-order valence-corrected chi connectivity index (χ2v) is 4.74. The molecule has 2 atom stereocenters. The van der Waals surface area contributed by atoms with Crippen molar-refractivity contribution < 1.29 is 0 Å². The molecule has 0 amide bonds. The zero-order valence-electron chi connectivity index (χ0n) is 9.96. The predicted octanol–water partition coefficient (Wildman–Crippen LogP) is 3.41. The summed E-state index contributed by atoms with van der Waals surface area (Å²) in [7, 11) is 0. The summed E-state index contributed by atoms with van der Waals surface area (Å²) in [6.45, 7) is 4.21. The Bertz CT molecular complexity index is 417. The maximum Gasteiger partial charge on any atom is 0.0677 e. The second-order valence-electron chi connectivity index (χ2n) is 4.74. The number of nitriles is 1. The summed E-state index contributed by atoms with van der Waals surface area (Å²) in [4.78, 5) is 0. The van der Waals surface area contributed by atoms with Crippen LogP contribution in [0.4, 0.5) is 5.69 Å². The first kappa shape index (κ1) is 11.0. The molecule has 0 saturated heterocycles. The molecule has 1 fully saturated rings. The van der Waals surface area contributed by atoms with Crippen molar-refractivity contribution in [1.29, 1.82) is 5.26 Å². The second kappa shape index (κ2) is 4.57. The van der Waals surface area contributed by atoms with Crippen molar-refractivity contribution in [3.63, 3.8) is 0 Å². The number of aryl methyl sites for hydroxylation is 2. The molecule has 2 heteroatoms. The molecule has 2 unspecified atom stereocenters. The fraction of sp³-hybridized carbons (Fsp3) is 0.500. The number of benzene rings is 1. The average Bonchev–Trinajstić information content (AvgIpc) is 2.71. The van der Waals surface area contributed by atoms with Gasteiger partial charge in [-0.3, -0.25) is 0 Å². The van der Waals surface area contributed by atoms with Gasteiger partial charge in [0.1, 0.15) is 0 Å². The highest BCUT2D eigenvalue weighted by Gasteiger charge is 2.27. The van der Waals surface area contributed by atoms with Gasteiger partial charge in [-0.25, -0.2) is 0 Å². The van der Waals surface area contributed by atoms with Crippen molar-refractivity contribution in [1.82, 2.24) is 0 Å². The van der Waals surface area contributed by atoms with E-state index < -0.39 is 0 Å². The SMILES string of the molecule is Cc1ccc(C)c(NC2CCCC2C#N)c1. The van der Waals surface area contributed by atoms with Crippen molar-refractivity contribution in [2.24, 2.45) is 5.92 Å². The van der Waals surface area contributed by atoms with Crippen molar-refractivity contribution >= 4 is 5.69 Å². The molecule has 1 aliphatic carbocycles. The van der Waals surface area contributed by atoms with Gasteiger partial charge in [-0.2, -0.15) is 5.26 Å². The molecule has 0 heterocycles. The lowest BCUT2D eigenvalue weighted by molar-refractivity contribution is 0.629. The molecule has 0 spiro atoms. The van der Waals surface area contributed by atoms with Crippen molar-refractivity contribution in [3.8, 4) is 6.07 Å². The third-order valence-corrected chi connectivity index (χ3v) is 3.42. The fourth-order valence-electron chi connectivity index (χ4n) is 2.38. The lowest BCUT2D eigenvalue weighted by atomic mass is 10.0. The van der Waals surface area contributed by atoms with Gasteiger partial charge >= 0.3 is 0 Å². The Balaban J connectivity index is 2.14. The van der Waals surface area contributed by atoms with Gasteiger partial charge in [0.2, 0.25) is 0 Å². The van der Waals surface area contributed by atoms with E-state index in [1.165, 1.54) is 23.2 Å². The summed E-state index contributed by atoms with van der Waals surface area (Å²) in [5, 5.41) is 12.6. The number of nitrogens with one attached hydrogen (secondary N) is 1. The molecule has 16 heavy (non-hydrogen) atoms. The van der Waals surface area contributed by atoms with Crippen molar-refractivity contribution in [2.75, 3.05) is 5.32 Å². The molecule has 0 aliphatic heterocycles. The maximum absolute atomic E-state index is 9.05. The van der Waals surface area contributed by atoms with Crippen LogP contribution in [0.15, 0.2) is 18.2 Å². The third kappa shape index (κ3) is 2.19. The summed E-state index contributed by atoms with van der Waals surface area (Å²) >= 11 is 0. The summed E-state index contributed by atoms with van der Waals surface area (Å²) in [5.41, 5.74) is 3.71. The summed E-state index contributed by atoms with van der Waals surface area (Å²) in [6.07, 6.45) is 3.32. The molecule has 2 rings (SSSR count). The minimum Gasteiger partial charge on any atom is -0.381 e. The van der Waals surface area contributed by atoms with Crippen LogP contribution in [0, 0.1) is 31.1 Å². The Morgan fingerprint density at radius 2 is 2.12 bits per heavy atom. The molecule has 1 aromatic rings. The summed E-state index contributed by atoms with van der Waals surface area (Å²) < 4.78 is 0. The topological polar surface area (TPSA) is 35.8 Å². The molecule has 0 aromatic heterocycles. The van der Waals surface area contributed by atoms with Gasteiger partial charge in [-0.15, -0.1) is 0 Å². The van der Waals surface area contributed by atoms with Crippen LogP contribution in [0.3, 0.4) is 0 Å². The molecule has 1 aromatic carbocycles. The zero-order valence-corrected chi connectivity index (χ0v) is 9.96. The van der Waals surface area contributed by atoms with Gasteiger partial charge < -0.3 is 5.32 Å². The molecule has 1 aliphatic rings. The maximum atomic E-state index is 9.05. The van der Waals surface area contributed by atoms with E-state index in [0.29, 0.717) is 6.04 Å². The van der Waals surface area contributed by atoms with E-state index >= 15 is 0 Å². The van der Waals surface area contributed by atoms with E-state index in [1.807, 2.05) is 0 Å². The first-order valence-electron chi connectivity index (χ1n) is 5.94.